The van der Waals surface area contributed by atoms with Crippen LogP contribution in [0.2, 0.25) is 0 Å². The van der Waals surface area contributed by atoms with E-state index in [1.807, 2.05) is 32.0 Å². The fourth-order valence-corrected chi connectivity index (χ4v) is 4.33. The molecule has 1 amide bonds. The van der Waals surface area contributed by atoms with Crippen LogP contribution >= 0.6 is 0 Å². The summed E-state index contributed by atoms with van der Waals surface area (Å²) in [6, 6.07) is 12.9. The number of rotatable bonds is 6. The lowest BCUT2D eigenvalue weighted by Gasteiger charge is -2.31. The lowest BCUT2D eigenvalue weighted by molar-refractivity contribution is -0.118. The van der Waals surface area contributed by atoms with Crippen LogP contribution in [-0.4, -0.2) is 25.4 Å². The van der Waals surface area contributed by atoms with Gasteiger partial charge in [-0.3, -0.25) is 9.59 Å². The number of methoxy groups -OCH3 is 1. The molecule has 1 aliphatic carbocycles. The number of nitrogens with zero attached hydrogens (tertiary/aromatic N) is 1. The molecular formula is C27H27N3O5. The summed E-state index contributed by atoms with van der Waals surface area (Å²) in [5.74, 6) is 0.242. The van der Waals surface area contributed by atoms with Crippen LogP contribution in [0.1, 0.15) is 41.9 Å². The number of benzene rings is 2. The number of nitriles is 1. The van der Waals surface area contributed by atoms with Crippen molar-refractivity contribution in [2.45, 2.75) is 39.0 Å². The van der Waals surface area contributed by atoms with Gasteiger partial charge in [0, 0.05) is 24.1 Å². The number of Topliss-reactive ketones (excluding diaryl/α,β-unsaturated/α-hetero) is 1. The summed E-state index contributed by atoms with van der Waals surface area (Å²) >= 11 is 0. The van der Waals surface area contributed by atoms with Crippen molar-refractivity contribution in [3.05, 3.63) is 75.9 Å². The quantitative estimate of drug-likeness (QED) is 0.646. The zero-order valence-electron chi connectivity index (χ0n) is 19.9. The molecule has 180 valence electrons. The van der Waals surface area contributed by atoms with Gasteiger partial charge in [-0.15, -0.1) is 0 Å². The van der Waals surface area contributed by atoms with Gasteiger partial charge in [0.1, 0.15) is 17.4 Å². The molecule has 0 aromatic heterocycles. The van der Waals surface area contributed by atoms with E-state index in [2.05, 4.69) is 11.4 Å². The molecule has 0 unspecified atom stereocenters. The van der Waals surface area contributed by atoms with Crippen LogP contribution in [0.25, 0.3) is 0 Å². The standard InChI is InChI=1S/C27H27N3O5/c1-15-7-9-18(11-16(15)2)30-24(32)14-34-21-10-8-17(12-23(21)33-3)25-19(13-28)27(29)35-22-6-4-5-20(31)26(22)25/h7-12,25H,4-6,14,29H2,1-3H3,(H,30,32)/t25-/m1/s1. The first-order chi connectivity index (χ1) is 16.8. The number of hydrogen-bond donors (Lipinski definition) is 2. The first-order valence-electron chi connectivity index (χ1n) is 11.3. The molecule has 4 rings (SSSR count). The number of ketones is 1. The molecule has 0 saturated heterocycles. The van der Waals surface area contributed by atoms with Gasteiger partial charge < -0.3 is 25.3 Å². The van der Waals surface area contributed by atoms with E-state index in [9.17, 15) is 14.9 Å². The molecule has 1 atom stereocenters. The summed E-state index contributed by atoms with van der Waals surface area (Å²) in [5, 5.41) is 12.6. The molecule has 8 nitrogen and oxygen atoms in total. The number of anilines is 1. The fourth-order valence-electron chi connectivity index (χ4n) is 4.33. The number of ether oxygens (including phenoxy) is 3. The molecule has 8 heteroatoms. The maximum absolute atomic E-state index is 12.8. The van der Waals surface area contributed by atoms with Crippen molar-refractivity contribution in [1.29, 1.82) is 5.26 Å². The van der Waals surface area contributed by atoms with Crippen molar-refractivity contribution in [3.63, 3.8) is 0 Å². The van der Waals surface area contributed by atoms with E-state index in [-0.39, 0.29) is 29.8 Å². The Hall–Kier alpha value is -4.25. The Labute approximate surface area is 204 Å². The fraction of sp³-hybridized carbons (Fsp3) is 0.296. The van der Waals surface area contributed by atoms with Gasteiger partial charge in [-0.1, -0.05) is 12.1 Å². The first-order valence-corrected chi connectivity index (χ1v) is 11.3. The smallest absolute Gasteiger partial charge is 0.262 e. The van der Waals surface area contributed by atoms with Crippen LogP contribution in [0.15, 0.2) is 59.2 Å². The monoisotopic (exact) mass is 473 g/mol. The van der Waals surface area contributed by atoms with E-state index in [1.54, 1.807) is 18.2 Å². The molecule has 2 aromatic rings. The second kappa shape index (κ2) is 9.94. The molecule has 0 spiro atoms. The molecule has 0 fully saturated rings. The van der Waals surface area contributed by atoms with E-state index in [1.165, 1.54) is 7.11 Å². The van der Waals surface area contributed by atoms with Crippen LogP contribution in [-0.2, 0) is 14.3 Å². The van der Waals surface area contributed by atoms with Crippen LogP contribution < -0.4 is 20.5 Å². The number of carbonyl (C=O) groups excluding carboxylic acids is 2. The van der Waals surface area contributed by atoms with Crippen molar-refractivity contribution >= 4 is 17.4 Å². The van der Waals surface area contributed by atoms with Crippen LogP contribution in [0.5, 0.6) is 11.5 Å². The van der Waals surface area contributed by atoms with Gasteiger partial charge in [-0.05, 0) is 61.2 Å². The maximum Gasteiger partial charge on any atom is 0.262 e. The maximum atomic E-state index is 12.8. The third kappa shape index (κ3) is 4.85. The minimum Gasteiger partial charge on any atom is -0.493 e. The largest absolute Gasteiger partial charge is 0.493 e. The summed E-state index contributed by atoms with van der Waals surface area (Å²) in [4.78, 5) is 25.2. The molecular weight excluding hydrogens is 446 g/mol. The summed E-state index contributed by atoms with van der Waals surface area (Å²) in [6.45, 7) is 3.77. The number of amides is 1. The first kappa shape index (κ1) is 23.9. The SMILES string of the molecule is COc1cc([C@@H]2C(C#N)=C(N)OC3=C2C(=O)CCC3)ccc1OCC(=O)Nc1ccc(C)c(C)c1. The predicted octanol–water partition coefficient (Wildman–Crippen LogP) is 4.14. The topological polar surface area (TPSA) is 124 Å². The highest BCUT2D eigenvalue weighted by Gasteiger charge is 2.38. The van der Waals surface area contributed by atoms with Gasteiger partial charge in [0.15, 0.2) is 23.9 Å². The van der Waals surface area contributed by atoms with E-state index in [4.69, 9.17) is 19.9 Å². The Morgan fingerprint density at radius 3 is 2.69 bits per heavy atom. The van der Waals surface area contributed by atoms with Gasteiger partial charge in [-0.2, -0.15) is 5.26 Å². The van der Waals surface area contributed by atoms with Gasteiger partial charge in [-0.25, -0.2) is 0 Å². The summed E-state index contributed by atoms with van der Waals surface area (Å²) < 4.78 is 16.8. The normalized spacial score (nSPS) is 17.3. The Kier molecular flexibility index (Phi) is 6.78. The highest BCUT2D eigenvalue weighted by molar-refractivity contribution is 5.99. The zero-order chi connectivity index (χ0) is 25.1. The second-order valence-corrected chi connectivity index (χ2v) is 8.58. The highest BCUT2D eigenvalue weighted by atomic mass is 16.5. The molecule has 2 aliphatic rings. The molecule has 35 heavy (non-hydrogen) atoms. The van der Waals surface area contributed by atoms with Crippen LogP contribution in [0.3, 0.4) is 0 Å². The Morgan fingerprint density at radius 1 is 1.17 bits per heavy atom. The average Bonchev–Trinajstić information content (AvgIpc) is 2.84. The number of carbonyl (C=O) groups is 2. The van der Waals surface area contributed by atoms with Crippen molar-refractivity contribution in [1.82, 2.24) is 0 Å². The summed E-state index contributed by atoms with van der Waals surface area (Å²) in [5.41, 5.74) is 10.2. The van der Waals surface area contributed by atoms with E-state index < -0.39 is 5.92 Å². The summed E-state index contributed by atoms with van der Waals surface area (Å²) in [7, 11) is 1.48. The van der Waals surface area contributed by atoms with E-state index in [0.717, 1.165) is 11.1 Å². The Bertz CT molecular complexity index is 1300. The average molecular weight is 474 g/mol. The molecule has 1 aliphatic heterocycles. The van der Waals surface area contributed by atoms with Crippen molar-refractivity contribution in [3.8, 4) is 17.6 Å². The van der Waals surface area contributed by atoms with Crippen molar-refractivity contribution in [2.24, 2.45) is 5.73 Å². The molecule has 3 N–H and O–H groups in total. The van der Waals surface area contributed by atoms with Gasteiger partial charge in [0.25, 0.3) is 5.91 Å². The Balaban J connectivity index is 1.55. The summed E-state index contributed by atoms with van der Waals surface area (Å²) in [6.07, 6.45) is 1.66. The lowest BCUT2D eigenvalue weighted by atomic mass is 9.77. The van der Waals surface area contributed by atoms with Crippen LogP contribution in [0, 0.1) is 25.2 Å². The van der Waals surface area contributed by atoms with E-state index >= 15 is 0 Å². The molecule has 0 saturated carbocycles. The second-order valence-electron chi connectivity index (χ2n) is 8.58. The minimum absolute atomic E-state index is 0.00765. The number of hydrogen-bond acceptors (Lipinski definition) is 7. The molecule has 2 aromatic carbocycles. The third-order valence-corrected chi connectivity index (χ3v) is 6.28. The highest BCUT2D eigenvalue weighted by Crippen LogP contribution is 2.45. The molecule has 0 radical (unpaired) electrons. The van der Waals surface area contributed by atoms with Crippen LogP contribution in [0.4, 0.5) is 5.69 Å². The third-order valence-electron chi connectivity index (χ3n) is 6.28. The lowest BCUT2D eigenvalue weighted by Crippen LogP contribution is -2.27. The van der Waals surface area contributed by atoms with Gasteiger partial charge >= 0.3 is 0 Å². The predicted molar refractivity (Wildman–Crippen MR) is 130 cm³/mol. The van der Waals surface area contributed by atoms with Crippen molar-refractivity contribution in [2.75, 3.05) is 19.0 Å². The van der Waals surface area contributed by atoms with Gasteiger partial charge in [0.05, 0.1) is 13.0 Å². The number of nitrogens with two attached hydrogens (primary N) is 1. The number of aryl methyl sites for hydroxylation is 2. The minimum atomic E-state index is -0.646. The number of nitrogens with one attached hydrogen (secondary N) is 1. The number of allylic oxidation sites excluding steroid dienone is 3. The zero-order valence-corrected chi connectivity index (χ0v) is 19.9. The van der Waals surface area contributed by atoms with E-state index in [0.29, 0.717) is 53.3 Å². The van der Waals surface area contributed by atoms with Crippen molar-refractivity contribution < 1.29 is 23.8 Å². The Morgan fingerprint density at radius 2 is 1.97 bits per heavy atom. The van der Waals surface area contributed by atoms with Gasteiger partial charge in [0.2, 0.25) is 5.88 Å². The molecule has 0 bridgehead atoms. The molecule has 1 heterocycles.